The Labute approximate surface area is 124 Å². The SMILES string of the molecule is CC1CC(C)CN(C(=O)c2sccc2C#CCCO)C1. The van der Waals surface area contributed by atoms with E-state index in [1.54, 1.807) is 0 Å². The van der Waals surface area contributed by atoms with Crippen LogP contribution in [-0.4, -0.2) is 35.6 Å². The number of likely N-dealkylation sites (tertiary alicyclic amines) is 1. The highest BCUT2D eigenvalue weighted by molar-refractivity contribution is 7.12. The van der Waals surface area contributed by atoms with Crippen LogP contribution in [-0.2, 0) is 0 Å². The molecular formula is C16H21NO2S. The summed E-state index contributed by atoms with van der Waals surface area (Å²) < 4.78 is 0. The first-order valence-electron chi connectivity index (χ1n) is 7.08. The van der Waals surface area contributed by atoms with Crippen LogP contribution in [0, 0.1) is 23.7 Å². The average Bonchev–Trinajstić information content (AvgIpc) is 2.85. The number of aliphatic hydroxyl groups is 1. The van der Waals surface area contributed by atoms with Gasteiger partial charge < -0.3 is 10.0 Å². The van der Waals surface area contributed by atoms with E-state index >= 15 is 0 Å². The minimum atomic E-state index is 0.0571. The lowest BCUT2D eigenvalue weighted by molar-refractivity contribution is 0.0628. The number of nitrogens with zero attached hydrogens (tertiary/aromatic N) is 1. The molecule has 0 spiro atoms. The maximum absolute atomic E-state index is 12.6. The fourth-order valence-corrected chi connectivity index (χ4v) is 3.58. The van der Waals surface area contributed by atoms with Gasteiger partial charge >= 0.3 is 0 Å². The molecule has 2 heterocycles. The molecule has 1 aliphatic rings. The summed E-state index contributed by atoms with van der Waals surface area (Å²) in [5, 5.41) is 10.7. The average molecular weight is 291 g/mol. The third-order valence-electron chi connectivity index (χ3n) is 3.48. The number of amides is 1. The van der Waals surface area contributed by atoms with E-state index in [-0.39, 0.29) is 12.5 Å². The molecule has 2 atom stereocenters. The van der Waals surface area contributed by atoms with Gasteiger partial charge in [0.15, 0.2) is 0 Å². The van der Waals surface area contributed by atoms with Crippen molar-refractivity contribution in [2.45, 2.75) is 26.7 Å². The van der Waals surface area contributed by atoms with Gasteiger partial charge in [0.25, 0.3) is 5.91 Å². The van der Waals surface area contributed by atoms with Crippen molar-refractivity contribution in [1.82, 2.24) is 4.90 Å². The van der Waals surface area contributed by atoms with Crippen molar-refractivity contribution in [3.8, 4) is 11.8 Å². The quantitative estimate of drug-likeness (QED) is 0.851. The fourth-order valence-electron chi connectivity index (χ4n) is 2.76. The Balaban J connectivity index is 2.13. The third kappa shape index (κ3) is 3.62. The van der Waals surface area contributed by atoms with Gasteiger partial charge in [-0.15, -0.1) is 11.3 Å². The predicted molar refractivity (Wildman–Crippen MR) is 81.7 cm³/mol. The first kappa shape index (κ1) is 15.1. The molecule has 1 aromatic heterocycles. The van der Waals surface area contributed by atoms with Crippen LogP contribution >= 0.6 is 11.3 Å². The molecule has 3 nitrogen and oxygen atoms in total. The van der Waals surface area contributed by atoms with E-state index in [1.165, 1.54) is 17.8 Å². The van der Waals surface area contributed by atoms with Crippen LogP contribution in [0.15, 0.2) is 11.4 Å². The molecule has 1 N–H and O–H groups in total. The van der Waals surface area contributed by atoms with E-state index in [0.717, 1.165) is 23.5 Å². The summed E-state index contributed by atoms with van der Waals surface area (Å²) in [4.78, 5) is 15.3. The summed E-state index contributed by atoms with van der Waals surface area (Å²) in [5.41, 5.74) is 0.791. The highest BCUT2D eigenvalue weighted by atomic mass is 32.1. The molecule has 0 bridgehead atoms. The molecule has 2 rings (SSSR count). The highest BCUT2D eigenvalue weighted by Gasteiger charge is 2.27. The first-order chi connectivity index (χ1) is 9.61. The van der Waals surface area contributed by atoms with Crippen molar-refractivity contribution in [3.05, 3.63) is 21.9 Å². The lowest BCUT2D eigenvalue weighted by atomic mass is 9.92. The molecule has 1 amide bonds. The van der Waals surface area contributed by atoms with Gasteiger partial charge in [0.1, 0.15) is 4.88 Å². The van der Waals surface area contributed by atoms with Crippen molar-refractivity contribution in [3.63, 3.8) is 0 Å². The minimum Gasteiger partial charge on any atom is -0.395 e. The Morgan fingerprint density at radius 1 is 1.45 bits per heavy atom. The topological polar surface area (TPSA) is 40.5 Å². The van der Waals surface area contributed by atoms with Crippen molar-refractivity contribution in [2.24, 2.45) is 11.8 Å². The number of rotatable bonds is 2. The van der Waals surface area contributed by atoms with Crippen molar-refractivity contribution < 1.29 is 9.90 Å². The highest BCUT2D eigenvalue weighted by Crippen LogP contribution is 2.25. The standard InChI is InChI=1S/C16H21NO2S/c1-12-9-13(2)11-17(10-12)16(19)15-14(6-8-20-15)5-3-4-7-18/h6,8,12-13,18H,4,7,9-11H2,1-2H3. The van der Waals surface area contributed by atoms with Crippen molar-refractivity contribution in [1.29, 1.82) is 0 Å². The summed E-state index contributed by atoms with van der Waals surface area (Å²) in [5.74, 6) is 7.11. The Morgan fingerprint density at radius 3 is 2.80 bits per heavy atom. The molecule has 0 radical (unpaired) electrons. The number of aliphatic hydroxyl groups excluding tert-OH is 1. The molecule has 1 aliphatic heterocycles. The van der Waals surface area contributed by atoms with Crippen LogP contribution in [0.3, 0.4) is 0 Å². The molecule has 0 aliphatic carbocycles. The van der Waals surface area contributed by atoms with Crippen LogP contribution in [0.2, 0.25) is 0 Å². The Morgan fingerprint density at radius 2 is 2.15 bits per heavy atom. The van der Waals surface area contributed by atoms with Gasteiger partial charge in [0, 0.05) is 25.1 Å². The van der Waals surface area contributed by atoms with Gasteiger partial charge in [-0.3, -0.25) is 4.79 Å². The summed E-state index contributed by atoms with van der Waals surface area (Å²) >= 11 is 1.46. The lowest BCUT2D eigenvalue weighted by Gasteiger charge is -2.34. The monoisotopic (exact) mass is 291 g/mol. The molecule has 108 valence electrons. The summed E-state index contributed by atoms with van der Waals surface area (Å²) in [6.45, 7) is 6.13. The number of hydrogen-bond donors (Lipinski definition) is 1. The Kier molecular flexibility index (Phi) is 5.22. The Hall–Kier alpha value is -1.31. The van der Waals surface area contributed by atoms with Gasteiger partial charge in [0.2, 0.25) is 0 Å². The molecule has 0 saturated carbocycles. The van der Waals surface area contributed by atoms with Crippen LogP contribution in [0.5, 0.6) is 0 Å². The normalized spacial score (nSPS) is 22.2. The molecular weight excluding hydrogens is 270 g/mol. The second-order valence-corrected chi connectivity index (χ2v) is 6.51. The van der Waals surface area contributed by atoms with Crippen molar-refractivity contribution >= 4 is 17.2 Å². The van der Waals surface area contributed by atoms with Gasteiger partial charge in [-0.1, -0.05) is 25.7 Å². The smallest absolute Gasteiger partial charge is 0.265 e. The second kappa shape index (κ2) is 6.92. The number of thiophene rings is 1. The van der Waals surface area contributed by atoms with Crippen LogP contribution in [0.25, 0.3) is 0 Å². The van der Waals surface area contributed by atoms with Gasteiger partial charge in [0.05, 0.1) is 6.61 Å². The molecule has 4 heteroatoms. The van der Waals surface area contributed by atoms with E-state index in [1.807, 2.05) is 16.3 Å². The zero-order valence-electron chi connectivity index (χ0n) is 12.1. The molecule has 2 unspecified atom stereocenters. The summed E-state index contributed by atoms with van der Waals surface area (Å²) in [6, 6.07) is 1.89. The minimum absolute atomic E-state index is 0.0571. The van der Waals surface area contributed by atoms with Crippen LogP contribution in [0.1, 0.15) is 41.9 Å². The summed E-state index contributed by atoms with van der Waals surface area (Å²) in [7, 11) is 0. The molecule has 0 aromatic carbocycles. The maximum atomic E-state index is 12.6. The number of hydrogen-bond acceptors (Lipinski definition) is 3. The van der Waals surface area contributed by atoms with E-state index in [0.29, 0.717) is 18.3 Å². The van der Waals surface area contributed by atoms with E-state index in [2.05, 4.69) is 25.7 Å². The first-order valence-corrected chi connectivity index (χ1v) is 7.96. The van der Waals surface area contributed by atoms with Crippen LogP contribution < -0.4 is 0 Å². The molecule has 20 heavy (non-hydrogen) atoms. The Bertz CT molecular complexity index is 516. The van der Waals surface area contributed by atoms with Crippen molar-refractivity contribution in [2.75, 3.05) is 19.7 Å². The third-order valence-corrected chi connectivity index (χ3v) is 4.38. The van der Waals surface area contributed by atoms with Gasteiger partial charge in [-0.25, -0.2) is 0 Å². The van der Waals surface area contributed by atoms with E-state index in [4.69, 9.17) is 5.11 Å². The predicted octanol–water partition coefficient (Wildman–Crippen LogP) is 2.60. The maximum Gasteiger partial charge on any atom is 0.265 e. The van der Waals surface area contributed by atoms with E-state index in [9.17, 15) is 4.79 Å². The molecule has 1 fully saturated rings. The molecule has 1 saturated heterocycles. The number of carbonyl (C=O) groups excluding carboxylic acids is 1. The van der Waals surface area contributed by atoms with Crippen LogP contribution in [0.4, 0.5) is 0 Å². The zero-order valence-corrected chi connectivity index (χ0v) is 12.9. The largest absolute Gasteiger partial charge is 0.395 e. The van der Waals surface area contributed by atoms with E-state index < -0.39 is 0 Å². The number of carbonyl (C=O) groups is 1. The van der Waals surface area contributed by atoms with Gasteiger partial charge in [-0.05, 0) is 29.7 Å². The summed E-state index contributed by atoms with van der Waals surface area (Å²) in [6.07, 6.45) is 1.64. The fraction of sp³-hybridized carbons (Fsp3) is 0.562. The second-order valence-electron chi connectivity index (χ2n) is 5.59. The number of piperidine rings is 1. The molecule has 1 aromatic rings. The van der Waals surface area contributed by atoms with Gasteiger partial charge in [-0.2, -0.15) is 0 Å². The lowest BCUT2D eigenvalue weighted by Crippen LogP contribution is -2.42. The zero-order chi connectivity index (χ0) is 14.5.